The van der Waals surface area contributed by atoms with Crippen LogP contribution in [0.25, 0.3) is 0 Å². The highest BCUT2D eigenvalue weighted by Crippen LogP contribution is 2.25. The van der Waals surface area contributed by atoms with E-state index in [-0.39, 0.29) is 45.3 Å². The number of hydrogen-bond acceptors (Lipinski definition) is 12. The van der Waals surface area contributed by atoms with Crippen molar-refractivity contribution in [1.29, 1.82) is 0 Å². The molecule has 12 nitrogen and oxygen atoms in total. The minimum atomic E-state index is -0.685. The van der Waals surface area contributed by atoms with Crippen LogP contribution in [0.5, 0.6) is 0 Å². The summed E-state index contributed by atoms with van der Waals surface area (Å²) in [4.78, 5) is 69.4. The lowest BCUT2D eigenvalue weighted by molar-refractivity contribution is -0.179. The molecule has 3 aliphatic rings. The zero-order valence-corrected chi connectivity index (χ0v) is 25.9. The Balaban J connectivity index is 0. The molecule has 0 aromatic carbocycles. The van der Waals surface area contributed by atoms with Crippen LogP contribution >= 0.6 is 36.2 Å². The van der Waals surface area contributed by atoms with Gasteiger partial charge in [-0.1, -0.05) is 34.6 Å². The Kier molecular flexibility index (Phi) is 23.0. The Morgan fingerprint density at radius 2 is 1.21 bits per heavy atom. The minimum Gasteiger partial charge on any atom is -0.278 e. The average Bonchev–Trinajstić information content (AvgIpc) is 3.50. The molecule has 0 radical (unpaired) electrons. The first-order valence-electron chi connectivity index (χ1n) is 12.6. The van der Waals surface area contributed by atoms with Gasteiger partial charge in [-0.05, 0) is 36.5 Å². The zero-order valence-electron chi connectivity index (χ0n) is 23.3. The number of amides is 6. The van der Waals surface area contributed by atoms with Gasteiger partial charge in [0.2, 0.25) is 0 Å². The Morgan fingerprint density at radius 1 is 0.795 bits per heavy atom. The molecule has 0 aliphatic carbocycles. The van der Waals surface area contributed by atoms with E-state index >= 15 is 0 Å². The second-order valence-electron chi connectivity index (χ2n) is 7.43. The number of hydrogen-bond donors (Lipinski definition) is 3. The molecule has 2 saturated heterocycles. The fraction of sp³-hybridized carbons (Fsp3) is 0.667. The van der Waals surface area contributed by atoms with E-state index < -0.39 is 23.6 Å². The second-order valence-corrected chi connectivity index (χ2v) is 10.5. The molecule has 3 rings (SSSR count). The lowest BCUT2D eigenvalue weighted by atomic mass is 10.4. The van der Waals surface area contributed by atoms with Crippen molar-refractivity contribution in [3.8, 4) is 0 Å². The maximum atomic E-state index is 11.4. The monoisotopic (exact) mass is 611 g/mol. The standard InChI is InChI=1S/C8H13NO3S.C7H11NO3S.C4H3NO3.C3H8S.C2H6/c1-3-4-13-6-5-7(10)9(12-2)8(6)11;1-2-3-12-5-4-6(9)8(11)7(5)10;6-3-1-2-4(7)5(3)8;1-2-3-4;1-2/h6H,3-5H2,1-2H3;5,11H,2-4H2,1H3;1-2,8H;4H,2-3H2,1H3;1-2H3. The minimum absolute atomic E-state index is 0.0556. The van der Waals surface area contributed by atoms with Gasteiger partial charge in [0.15, 0.2) is 0 Å². The van der Waals surface area contributed by atoms with E-state index in [9.17, 15) is 28.8 Å². The van der Waals surface area contributed by atoms with E-state index in [1.165, 1.54) is 37.1 Å². The predicted octanol–water partition coefficient (Wildman–Crippen LogP) is 3.12. The highest BCUT2D eigenvalue weighted by atomic mass is 32.2. The van der Waals surface area contributed by atoms with Crippen LogP contribution in [0.15, 0.2) is 12.2 Å². The first-order chi connectivity index (χ1) is 18.5. The Bertz CT molecular complexity index is 823. The van der Waals surface area contributed by atoms with Gasteiger partial charge < -0.3 is 0 Å². The van der Waals surface area contributed by atoms with Crippen LogP contribution in [-0.4, -0.2) is 95.9 Å². The van der Waals surface area contributed by atoms with Gasteiger partial charge in [-0.3, -0.25) is 44.0 Å². The molecule has 15 heteroatoms. The van der Waals surface area contributed by atoms with Crippen LogP contribution < -0.4 is 0 Å². The summed E-state index contributed by atoms with van der Waals surface area (Å²) in [6.45, 7) is 10.2. The van der Waals surface area contributed by atoms with Crippen molar-refractivity contribution in [3.63, 3.8) is 0 Å². The van der Waals surface area contributed by atoms with Crippen molar-refractivity contribution in [3.05, 3.63) is 12.2 Å². The summed E-state index contributed by atoms with van der Waals surface area (Å²) in [6.07, 6.45) is 5.58. The van der Waals surface area contributed by atoms with Gasteiger partial charge in [-0.2, -0.15) is 22.8 Å². The SMILES string of the molecule is CC.CCCS.CCCSC1CC(=O)N(O)C1=O.CCCSC1CC(=O)N(OC)C1=O.O=C1C=CC(=O)N1O. The fourth-order valence-electron chi connectivity index (χ4n) is 2.54. The van der Waals surface area contributed by atoms with E-state index in [0.29, 0.717) is 0 Å². The number of imide groups is 3. The average molecular weight is 612 g/mol. The number of thioether (sulfide) groups is 2. The second kappa shape index (κ2) is 22.9. The van der Waals surface area contributed by atoms with Crippen LogP contribution in [0, 0.1) is 0 Å². The molecule has 2 unspecified atom stereocenters. The molecule has 224 valence electrons. The first kappa shape index (κ1) is 39.2. The van der Waals surface area contributed by atoms with Crippen LogP contribution in [0.1, 0.15) is 66.7 Å². The molecule has 0 aromatic heterocycles. The normalized spacial score (nSPS) is 19.7. The molecule has 0 bridgehead atoms. The molecule has 0 saturated carbocycles. The molecule has 3 heterocycles. The van der Waals surface area contributed by atoms with Gasteiger partial charge in [0.05, 0.1) is 30.5 Å². The molecule has 0 aromatic rings. The molecule has 2 fully saturated rings. The summed E-state index contributed by atoms with van der Waals surface area (Å²) in [5.74, 6) is -0.0252. The molecule has 6 amide bonds. The number of thiol groups is 1. The van der Waals surface area contributed by atoms with Gasteiger partial charge >= 0.3 is 0 Å². The van der Waals surface area contributed by atoms with Gasteiger partial charge in [0.1, 0.15) is 0 Å². The quantitative estimate of drug-likeness (QED) is 0.210. The van der Waals surface area contributed by atoms with Gasteiger partial charge in [-0.25, -0.2) is 0 Å². The van der Waals surface area contributed by atoms with E-state index in [1.807, 2.05) is 27.7 Å². The predicted molar refractivity (Wildman–Crippen MR) is 153 cm³/mol. The topological polar surface area (TPSA) is 162 Å². The Morgan fingerprint density at radius 3 is 1.46 bits per heavy atom. The van der Waals surface area contributed by atoms with Gasteiger partial charge in [-0.15, -0.1) is 28.6 Å². The third-order valence-corrected chi connectivity index (χ3v) is 7.66. The van der Waals surface area contributed by atoms with Crippen molar-refractivity contribution >= 4 is 71.6 Å². The number of carbonyl (C=O) groups excluding carboxylic acids is 6. The van der Waals surface area contributed by atoms with Crippen molar-refractivity contribution in [2.75, 3.05) is 24.4 Å². The maximum absolute atomic E-state index is 11.4. The highest BCUT2D eigenvalue weighted by Gasteiger charge is 2.39. The lowest BCUT2D eigenvalue weighted by Gasteiger charge is -2.10. The van der Waals surface area contributed by atoms with Crippen molar-refractivity contribution in [2.45, 2.75) is 77.2 Å². The number of hydroxylamine groups is 6. The number of nitrogens with zero attached hydrogens (tertiary/aromatic N) is 3. The zero-order chi connectivity index (χ0) is 30.5. The smallest absolute Gasteiger partial charge is 0.277 e. The molecule has 39 heavy (non-hydrogen) atoms. The van der Waals surface area contributed by atoms with Crippen LogP contribution in [0.4, 0.5) is 0 Å². The van der Waals surface area contributed by atoms with Crippen LogP contribution in [0.3, 0.4) is 0 Å². The van der Waals surface area contributed by atoms with Gasteiger partial charge in [0, 0.05) is 12.2 Å². The molecule has 2 atom stereocenters. The summed E-state index contributed by atoms with van der Waals surface area (Å²) in [7, 11) is 1.34. The van der Waals surface area contributed by atoms with E-state index in [0.717, 1.165) is 47.3 Å². The summed E-state index contributed by atoms with van der Waals surface area (Å²) >= 11 is 6.87. The largest absolute Gasteiger partial charge is 0.278 e. The first-order valence-corrected chi connectivity index (χ1v) is 15.3. The third kappa shape index (κ3) is 14.3. The van der Waals surface area contributed by atoms with Crippen LogP contribution in [0.2, 0.25) is 0 Å². The maximum Gasteiger partial charge on any atom is 0.277 e. The molecule has 2 N–H and O–H groups in total. The van der Waals surface area contributed by atoms with Crippen LogP contribution in [-0.2, 0) is 33.6 Å². The van der Waals surface area contributed by atoms with Crippen molar-refractivity contribution in [1.82, 2.24) is 15.2 Å². The van der Waals surface area contributed by atoms with Gasteiger partial charge in [0.25, 0.3) is 35.4 Å². The third-order valence-electron chi connectivity index (χ3n) is 4.38. The van der Waals surface area contributed by atoms with E-state index in [4.69, 9.17) is 10.4 Å². The van der Waals surface area contributed by atoms with Crippen molar-refractivity contribution < 1.29 is 44.0 Å². The summed E-state index contributed by atoms with van der Waals surface area (Å²) in [6, 6.07) is 0. The Labute approximate surface area is 244 Å². The summed E-state index contributed by atoms with van der Waals surface area (Å²) in [5, 5.41) is 17.7. The summed E-state index contributed by atoms with van der Waals surface area (Å²) < 4.78 is 0. The molecule has 3 aliphatic heterocycles. The lowest BCUT2D eigenvalue weighted by Crippen LogP contribution is -2.30. The molecular weight excluding hydrogens is 570 g/mol. The van der Waals surface area contributed by atoms with E-state index in [1.54, 1.807) is 0 Å². The number of rotatable bonds is 8. The fourth-order valence-corrected chi connectivity index (χ4v) is 4.58. The molecular formula is C24H41N3O9S3. The highest BCUT2D eigenvalue weighted by molar-refractivity contribution is 8.00. The van der Waals surface area contributed by atoms with Crippen molar-refractivity contribution in [2.24, 2.45) is 0 Å². The molecule has 0 spiro atoms. The number of carbonyl (C=O) groups is 6. The Hall–Kier alpha value is -1.91. The summed E-state index contributed by atoms with van der Waals surface area (Å²) in [5.41, 5.74) is 0. The van der Waals surface area contributed by atoms with E-state index in [2.05, 4.69) is 24.4 Å².